The van der Waals surface area contributed by atoms with E-state index >= 15 is 0 Å². The molecule has 1 aromatic rings. The standard InChI is InChI=1S/C13H19N3O2/c1-8(2)6-9(3)15-16-13(18)11-5-4-10(14)7-12(11)17/h4-5,7-8,17H,6,14H2,1-3H3,(H,16,18). The zero-order chi connectivity index (χ0) is 13.7. The second-order valence-electron chi connectivity index (χ2n) is 4.66. The Morgan fingerprint density at radius 2 is 2.17 bits per heavy atom. The Labute approximate surface area is 107 Å². The number of rotatable bonds is 4. The van der Waals surface area contributed by atoms with Crippen molar-refractivity contribution in [2.45, 2.75) is 27.2 Å². The summed E-state index contributed by atoms with van der Waals surface area (Å²) in [6.45, 7) is 6.00. The maximum atomic E-state index is 11.7. The monoisotopic (exact) mass is 249 g/mol. The summed E-state index contributed by atoms with van der Waals surface area (Å²) in [5.41, 5.74) is 9.30. The van der Waals surface area contributed by atoms with E-state index in [1.54, 1.807) is 6.07 Å². The molecule has 1 amide bonds. The molecule has 4 N–H and O–H groups in total. The van der Waals surface area contributed by atoms with Gasteiger partial charge in [0.1, 0.15) is 5.75 Å². The van der Waals surface area contributed by atoms with E-state index in [2.05, 4.69) is 24.4 Å². The number of hydrogen-bond donors (Lipinski definition) is 3. The molecule has 0 saturated carbocycles. The largest absolute Gasteiger partial charge is 0.507 e. The van der Waals surface area contributed by atoms with Crippen LogP contribution in [-0.2, 0) is 0 Å². The van der Waals surface area contributed by atoms with Crippen molar-refractivity contribution >= 4 is 17.3 Å². The van der Waals surface area contributed by atoms with E-state index in [9.17, 15) is 9.90 Å². The number of phenolic OH excluding ortho intramolecular Hbond substituents is 1. The van der Waals surface area contributed by atoms with Crippen molar-refractivity contribution < 1.29 is 9.90 Å². The van der Waals surface area contributed by atoms with Crippen molar-refractivity contribution in [3.63, 3.8) is 0 Å². The normalized spacial score (nSPS) is 11.7. The number of nitrogens with one attached hydrogen (secondary N) is 1. The quantitative estimate of drug-likeness (QED) is 0.434. The van der Waals surface area contributed by atoms with Gasteiger partial charge in [-0.15, -0.1) is 0 Å². The van der Waals surface area contributed by atoms with Crippen molar-refractivity contribution in [2.24, 2.45) is 11.0 Å². The van der Waals surface area contributed by atoms with E-state index < -0.39 is 5.91 Å². The number of carbonyl (C=O) groups excluding carboxylic acids is 1. The number of nitrogens with two attached hydrogens (primary N) is 1. The fourth-order valence-electron chi connectivity index (χ4n) is 1.58. The summed E-state index contributed by atoms with van der Waals surface area (Å²) in [5, 5.41) is 13.6. The molecule has 0 unspecified atom stereocenters. The Morgan fingerprint density at radius 1 is 1.50 bits per heavy atom. The predicted molar refractivity (Wildman–Crippen MR) is 72.5 cm³/mol. The summed E-state index contributed by atoms with van der Waals surface area (Å²) in [7, 11) is 0. The van der Waals surface area contributed by atoms with Crippen molar-refractivity contribution in [1.29, 1.82) is 0 Å². The highest BCUT2D eigenvalue weighted by Crippen LogP contribution is 2.19. The third kappa shape index (κ3) is 4.08. The topological polar surface area (TPSA) is 87.7 Å². The van der Waals surface area contributed by atoms with Crippen molar-refractivity contribution in [1.82, 2.24) is 5.43 Å². The van der Waals surface area contributed by atoms with Gasteiger partial charge < -0.3 is 10.8 Å². The lowest BCUT2D eigenvalue weighted by molar-refractivity contribution is 0.0952. The minimum absolute atomic E-state index is 0.149. The van der Waals surface area contributed by atoms with Crippen molar-refractivity contribution in [2.75, 3.05) is 5.73 Å². The summed E-state index contributed by atoms with van der Waals surface area (Å²) in [6, 6.07) is 4.35. The lowest BCUT2D eigenvalue weighted by Crippen LogP contribution is -2.19. The molecule has 0 aliphatic heterocycles. The lowest BCUT2D eigenvalue weighted by atomic mass is 10.1. The third-order valence-electron chi connectivity index (χ3n) is 2.32. The van der Waals surface area contributed by atoms with E-state index in [4.69, 9.17) is 5.73 Å². The molecule has 0 spiro atoms. The molecule has 0 radical (unpaired) electrons. The van der Waals surface area contributed by atoms with Crippen LogP contribution in [0.3, 0.4) is 0 Å². The third-order valence-corrected chi connectivity index (χ3v) is 2.32. The molecule has 0 heterocycles. The Bertz CT molecular complexity index is 467. The Balaban J connectivity index is 2.71. The molecule has 0 aromatic heterocycles. The first-order valence-corrected chi connectivity index (χ1v) is 5.82. The molecule has 18 heavy (non-hydrogen) atoms. The molecule has 1 rings (SSSR count). The van der Waals surface area contributed by atoms with Crippen molar-refractivity contribution in [3.05, 3.63) is 23.8 Å². The molecule has 5 heteroatoms. The van der Waals surface area contributed by atoms with Crippen LogP contribution in [0.1, 0.15) is 37.6 Å². The number of nitrogen functional groups attached to an aromatic ring is 1. The van der Waals surface area contributed by atoms with E-state index in [-0.39, 0.29) is 11.3 Å². The van der Waals surface area contributed by atoms with Gasteiger partial charge in [-0.1, -0.05) is 13.8 Å². The number of phenols is 1. The van der Waals surface area contributed by atoms with Gasteiger partial charge in [-0.3, -0.25) is 4.79 Å². The molecule has 5 nitrogen and oxygen atoms in total. The van der Waals surface area contributed by atoms with Crippen LogP contribution in [-0.4, -0.2) is 16.7 Å². The first kappa shape index (κ1) is 14.0. The van der Waals surface area contributed by atoms with Gasteiger partial charge in [0.25, 0.3) is 5.91 Å². The van der Waals surface area contributed by atoms with Gasteiger partial charge in [-0.05, 0) is 31.4 Å². The molecule has 0 atom stereocenters. The van der Waals surface area contributed by atoms with Crippen LogP contribution in [0.25, 0.3) is 0 Å². The van der Waals surface area contributed by atoms with Gasteiger partial charge in [-0.25, -0.2) is 5.43 Å². The fourth-order valence-corrected chi connectivity index (χ4v) is 1.58. The van der Waals surface area contributed by atoms with E-state index in [1.165, 1.54) is 12.1 Å². The average molecular weight is 249 g/mol. The Hall–Kier alpha value is -2.04. The maximum absolute atomic E-state index is 11.7. The second-order valence-corrected chi connectivity index (χ2v) is 4.66. The highest BCUT2D eigenvalue weighted by Gasteiger charge is 2.10. The zero-order valence-corrected chi connectivity index (χ0v) is 10.9. The van der Waals surface area contributed by atoms with E-state index in [0.29, 0.717) is 11.6 Å². The van der Waals surface area contributed by atoms with E-state index in [0.717, 1.165) is 12.1 Å². The average Bonchev–Trinajstić information content (AvgIpc) is 2.25. The highest BCUT2D eigenvalue weighted by atomic mass is 16.3. The predicted octanol–water partition coefficient (Wildman–Crippen LogP) is 2.13. The molecule has 98 valence electrons. The van der Waals surface area contributed by atoms with Crippen molar-refractivity contribution in [3.8, 4) is 5.75 Å². The van der Waals surface area contributed by atoms with E-state index in [1.807, 2.05) is 6.92 Å². The van der Waals surface area contributed by atoms with Crippen LogP contribution >= 0.6 is 0 Å². The molecule has 0 bridgehead atoms. The number of carbonyl (C=O) groups is 1. The highest BCUT2D eigenvalue weighted by molar-refractivity contribution is 5.98. The number of amides is 1. The number of aromatic hydroxyl groups is 1. The zero-order valence-electron chi connectivity index (χ0n) is 10.9. The first-order chi connectivity index (χ1) is 8.40. The van der Waals surface area contributed by atoms with Crippen LogP contribution in [0.5, 0.6) is 5.75 Å². The second kappa shape index (κ2) is 6.05. The molecule has 0 aliphatic carbocycles. The van der Waals surface area contributed by atoms with Gasteiger partial charge in [-0.2, -0.15) is 5.10 Å². The number of benzene rings is 1. The molecule has 0 saturated heterocycles. The van der Waals surface area contributed by atoms with Crippen LogP contribution in [0.2, 0.25) is 0 Å². The van der Waals surface area contributed by atoms with Gasteiger partial charge in [0.05, 0.1) is 5.56 Å². The van der Waals surface area contributed by atoms with Crippen LogP contribution < -0.4 is 11.2 Å². The molecule has 0 aliphatic rings. The van der Waals surface area contributed by atoms with Crippen LogP contribution in [0.15, 0.2) is 23.3 Å². The summed E-state index contributed by atoms with van der Waals surface area (Å²) < 4.78 is 0. The lowest BCUT2D eigenvalue weighted by Gasteiger charge is -2.06. The van der Waals surface area contributed by atoms with Gasteiger partial charge in [0.2, 0.25) is 0 Å². The summed E-state index contributed by atoms with van der Waals surface area (Å²) in [5.74, 6) is -0.115. The smallest absolute Gasteiger partial charge is 0.275 e. The first-order valence-electron chi connectivity index (χ1n) is 5.82. The summed E-state index contributed by atoms with van der Waals surface area (Å²) in [4.78, 5) is 11.7. The Kier molecular flexibility index (Phi) is 4.71. The number of hydrogen-bond acceptors (Lipinski definition) is 4. The SMILES string of the molecule is CC(CC(C)C)=NNC(=O)c1ccc(N)cc1O. The molecule has 0 fully saturated rings. The summed E-state index contributed by atoms with van der Waals surface area (Å²) in [6.07, 6.45) is 0.813. The van der Waals surface area contributed by atoms with Crippen LogP contribution in [0.4, 0.5) is 5.69 Å². The molecular formula is C13H19N3O2. The minimum Gasteiger partial charge on any atom is -0.507 e. The van der Waals surface area contributed by atoms with Gasteiger partial charge >= 0.3 is 0 Å². The maximum Gasteiger partial charge on any atom is 0.275 e. The van der Waals surface area contributed by atoms with Crippen LogP contribution in [0, 0.1) is 5.92 Å². The molecule has 1 aromatic carbocycles. The minimum atomic E-state index is -0.449. The number of anilines is 1. The molecular weight excluding hydrogens is 230 g/mol. The fraction of sp³-hybridized carbons (Fsp3) is 0.385. The summed E-state index contributed by atoms with van der Waals surface area (Å²) >= 11 is 0. The Morgan fingerprint density at radius 3 is 2.72 bits per heavy atom. The van der Waals surface area contributed by atoms with Gasteiger partial charge in [0, 0.05) is 17.5 Å². The van der Waals surface area contributed by atoms with Gasteiger partial charge in [0.15, 0.2) is 0 Å². The number of hydrazone groups is 1. The number of nitrogens with zero attached hydrogens (tertiary/aromatic N) is 1.